The Labute approximate surface area is 164 Å². The second-order valence-electron chi connectivity index (χ2n) is 8.47. The Balaban J connectivity index is 1.51. The molecule has 2 heterocycles. The molecule has 1 aromatic carbocycles. The molecule has 0 aliphatic carbocycles. The number of likely N-dealkylation sites (N-methyl/N-ethyl adjacent to an activating group) is 1. The fraction of sp³-hybridized carbons (Fsp3) is 0.727. The number of aryl methyl sites for hydroxylation is 1. The van der Waals surface area contributed by atoms with Gasteiger partial charge < -0.3 is 19.6 Å². The zero-order chi connectivity index (χ0) is 19.2. The third-order valence-corrected chi connectivity index (χ3v) is 6.41. The smallest absolute Gasteiger partial charge is 0.0589 e. The summed E-state index contributed by atoms with van der Waals surface area (Å²) in [6, 6.07) is 9.52. The Morgan fingerprint density at radius 2 is 1.93 bits per heavy atom. The molecule has 27 heavy (non-hydrogen) atoms. The molecule has 0 aromatic heterocycles. The van der Waals surface area contributed by atoms with Crippen molar-refractivity contribution in [2.45, 2.75) is 25.8 Å². The third kappa shape index (κ3) is 5.44. The van der Waals surface area contributed by atoms with Gasteiger partial charge in [-0.05, 0) is 56.3 Å². The minimum absolute atomic E-state index is 0.307. The number of ether oxygens (including phenoxy) is 1. The molecule has 0 saturated carbocycles. The summed E-state index contributed by atoms with van der Waals surface area (Å²) in [6.07, 6.45) is 2.44. The predicted molar refractivity (Wildman–Crippen MR) is 111 cm³/mol. The van der Waals surface area contributed by atoms with Crippen LogP contribution in [0.15, 0.2) is 24.3 Å². The van der Waals surface area contributed by atoms with Crippen molar-refractivity contribution in [2.24, 2.45) is 11.8 Å². The van der Waals surface area contributed by atoms with Crippen molar-refractivity contribution >= 4 is 5.69 Å². The van der Waals surface area contributed by atoms with Gasteiger partial charge in [0.2, 0.25) is 0 Å². The largest absolute Gasteiger partial charge is 0.396 e. The molecular weight excluding hydrogens is 338 g/mol. The van der Waals surface area contributed by atoms with Gasteiger partial charge in [-0.1, -0.05) is 12.1 Å². The van der Waals surface area contributed by atoms with Gasteiger partial charge in [-0.2, -0.15) is 0 Å². The van der Waals surface area contributed by atoms with Crippen LogP contribution in [0.5, 0.6) is 0 Å². The van der Waals surface area contributed by atoms with E-state index in [0.29, 0.717) is 24.5 Å². The highest BCUT2D eigenvalue weighted by Gasteiger charge is 2.37. The van der Waals surface area contributed by atoms with E-state index >= 15 is 0 Å². The maximum atomic E-state index is 9.88. The number of likely N-dealkylation sites (tertiary alicyclic amines) is 1. The van der Waals surface area contributed by atoms with Gasteiger partial charge >= 0.3 is 0 Å². The molecule has 152 valence electrons. The van der Waals surface area contributed by atoms with Gasteiger partial charge in [0.1, 0.15) is 0 Å². The van der Waals surface area contributed by atoms with Crippen molar-refractivity contribution in [3.8, 4) is 0 Å². The molecule has 2 fully saturated rings. The maximum Gasteiger partial charge on any atom is 0.0589 e. The summed E-state index contributed by atoms with van der Waals surface area (Å²) in [4.78, 5) is 7.53. The van der Waals surface area contributed by atoms with Gasteiger partial charge in [-0.3, -0.25) is 4.90 Å². The van der Waals surface area contributed by atoms with Crippen molar-refractivity contribution < 1.29 is 9.84 Å². The Morgan fingerprint density at radius 1 is 1.19 bits per heavy atom. The van der Waals surface area contributed by atoms with Crippen LogP contribution in [0.25, 0.3) is 0 Å². The number of hydrogen-bond donors (Lipinski definition) is 1. The normalized spacial score (nSPS) is 24.9. The highest BCUT2D eigenvalue weighted by molar-refractivity contribution is 5.48. The van der Waals surface area contributed by atoms with Gasteiger partial charge in [0.05, 0.1) is 6.61 Å². The monoisotopic (exact) mass is 375 g/mol. The van der Waals surface area contributed by atoms with Crippen molar-refractivity contribution in [3.63, 3.8) is 0 Å². The molecular formula is C22H37N3O2. The van der Waals surface area contributed by atoms with Crippen LogP contribution in [0.2, 0.25) is 0 Å². The number of benzene rings is 1. The summed E-state index contributed by atoms with van der Waals surface area (Å²) in [5.41, 5.74) is 2.70. The third-order valence-electron chi connectivity index (χ3n) is 6.41. The van der Waals surface area contributed by atoms with Crippen LogP contribution in [-0.4, -0.2) is 87.6 Å². The van der Waals surface area contributed by atoms with E-state index in [1.807, 2.05) is 0 Å². The van der Waals surface area contributed by atoms with E-state index in [-0.39, 0.29) is 0 Å². The van der Waals surface area contributed by atoms with Crippen LogP contribution in [0.4, 0.5) is 5.69 Å². The summed E-state index contributed by atoms with van der Waals surface area (Å²) >= 11 is 0. The van der Waals surface area contributed by atoms with Crippen LogP contribution in [0, 0.1) is 18.8 Å². The Hall–Kier alpha value is -1.14. The lowest BCUT2D eigenvalue weighted by Gasteiger charge is -2.38. The molecule has 5 nitrogen and oxygen atoms in total. The van der Waals surface area contributed by atoms with Gasteiger partial charge in [0, 0.05) is 64.7 Å². The van der Waals surface area contributed by atoms with Crippen LogP contribution in [-0.2, 0) is 4.74 Å². The lowest BCUT2D eigenvalue weighted by molar-refractivity contribution is 0.136. The van der Waals surface area contributed by atoms with Crippen LogP contribution in [0.3, 0.4) is 0 Å². The zero-order valence-corrected chi connectivity index (χ0v) is 17.3. The molecule has 0 unspecified atom stereocenters. The van der Waals surface area contributed by atoms with Gasteiger partial charge in [0.15, 0.2) is 0 Å². The quantitative estimate of drug-likeness (QED) is 0.753. The van der Waals surface area contributed by atoms with E-state index in [0.717, 1.165) is 45.9 Å². The van der Waals surface area contributed by atoms with Crippen molar-refractivity contribution in [1.29, 1.82) is 0 Å². The highest BCUT2D eigenvalue weighted by atomic mass is 16.5. The minimum atomic E-state index is 0.307. The number of anilines is 1. The van der Waals surface area contributed by atoms with Gasteiger partial charge in [0.25, 0.3) is 0 Å². The number of nitrogens with zero attached hydrogens (tertiary/aromatic N) is 3. The van der Waals surface area contributed by atoms with Gasteiger partial charge in [-0.25, -0.2) is 0 Å². The molecule has 1 N–H and O–H groups in total. The number of aliphatic hydroxyl groups excluding tert-OH is 1. The van der Waals surface area contributed by atoms with Crippen LogP contribution < -0.4 is 4.90 Å². The number of rotatable bonds is 8. The first-order chi connectivity index (χ1) is 13.1. The van der Waals surface area contributed by atoms with E-state index in [1.165, 1.54) is 24.1 Å². The first kappa shape index (κ1) is 20.6. The standard InChI is InChI=1S/C22H37N3O2/c1-18-5-4-6-22(13-18)24-9-7-21(8-10-24)25-15-19(20(16-25)17-26)14-23(2)11-12-27-3/h4-6,13,19-21,26H,7-12,14-17H2,1-3H3/t19-,20-/m1/s1. The van der Waals surface area contributed by atoms with E-state index in [1.54, 1.807) is 7.11 Å². The number of aliphatic hydroxyl groups is 1. The SMILES string of the molecule is COCCN(C)C[C@@H]1CN(C2CCN(c3cccc(C)c3)CC2)C[C@@H]1CO. The average Bonchev–Trinajstić information content (AvgIpc) is 3.09. The predicted octanol–water partition coefficient (Wildman–Crippen LogP) is 2.08. The Kier molecular flexibility index (Phi) is 7.53. The average molecular weight is 376 g/mol. The first-order valence-corrected chi connectivity index (χ1v) is 10.4. The van der Waals surface area contributed by atoms with Crippen molar-refractivity contribution in [3.05, 3.63) is 29.8 Å². The first-order valence-electron chi connectivity index (χ1n) is 10.4. The summed E-state index contributed by atoms with van der Waals surface area (Å²) in [5.74, 6) is 0.969. The van der Waals surface area contributed by atoms with Crippen molar-refractivity contribution in [1.82, 2.24) is 9.80 Å². The molecule has 0 spiro atoms. The summed E-state index contributed by atoms with van der Waals surface area (Å²) < 4.78 is 5.19. The van der Waals surface area contributed by atoms with E-state index in [2.05, 4.69) is 52.9 Å². The topological polar surface area (TPSA) is 39.2 Å². The van der Waals surface area contributed by atoms with Gasteiger partial charge in [-0.15, -0.1) is 0 Å². The lowest BCUT2D eigenvalue weighted by Crippen LogP contribution is -2.44. The van der Waals surface area contributed by atoms with Crippen molar-refractivity contribution in [2.75, 3.05) is 71.5 Å². The molecule has 0 radical (unpaired) electrons. The molecule has 2 saturated heterocycles. The molecule has 3 rings (SSSR count). The number of piperidine rings is 1. The number of methoxy groups -OCH3 is 1. The van der Waals surface area contributed by atoms with E-state index in [4.69, 9.17) is 4.74 Å². The molecule has 2 atom stereocenters. The molecule has 0 amide bonds. The minimum Gasteiger partial charge on any atom is -0.396 e. The fourth-order valence-electron chi connectivity index (χ4n) is 4.74. The Morgan fingerprint density at radius 3 is 2.59 bits per heavy atom. The molecule has 2 aliphatic rings. The summed E-state index contributed by atoms with van der Waals surface area (Å²) in [6.45, 7) is 9.69. The molecule has 0 bridgehead atoms. The fourth-order valence-corrected chi connectivity index (χ4v) is 4.74. The second-order valence-corrected chi connectivity index (χ2v) is 8.47. The molecule has 5 heteroatoms. The lowest BCUT2D eigenvalue weighted by atomic mass is 9.96. The van der Waals surface area contributed by atoms with E-state index < -0.39 is 0 Å². The zero-order valence-electron chi connectivity index (χ0n) is 17.3. The molecule has 1 aromatic rings. The summed E-state index contributed by atoms with van der Waals surface area (Å²) in [7, 11) is 3.92. The van der Waals surface area contributed by atoms with Crippen LogP contribution in [0.1, 0.15) is 18.4 Å². The highest BCUT2D eigenvalue weighted by Crippen LogP contribution is 2.30. The second kappa shape index (κ2) is 9.87. The molecule has 2 aliphatic heterocycles. The van der Waals surface area contributed by atoms with Crippen LogP contribution >= 0.6 is 0 Å². The summed E-state index contributed by atoms with van der Waals surface area (Å²) in [5, 5.41) is 9.88. The maximum absolute atomic E-state index is 9.88. The number of hydrogen-bond acceptors (Lipinski definition) is 5. The Bertz CT molecular complexity index is 574. The van der Waals surface area contributed by atoms with E-state index in [9.17, 15) is 5.11 Å².